The van der Waals surface area contributed by atoms with Crippen LogP contribution in [-0.2, 0) is 14.0 Å². The lowest BCUT2D eigenvalue weighted by Gasteiger charge is -2.32. The molecule has 20 heavy (non-hydrogen) atoms. The van der Waals surface area contributed by atoms with E-state index < -0.39 is 37.5 Å². The van der Waals surface area contributed by atoms with Gasteiger partial charge in [0.2, 0.25) is 0 Å². The summed E-state index contributed by atoms with van der Waals surface area (Å²) in [6, 6.07) is 0. The molecule has 0 unspecified atom stereocenters. The van der Waals surface area contributed by atoms with E-state index in [0.717, 1.165) is 16.2 Å². The van der Waals surface area contributed by atoms with Gasteiger partial charge in [-0.25, -0.2) is 4.98 Å². The van der Waals surface area contributed by atoms with Crippen LogP contribution in [-0.4, -0.2) is 42.5 Å². The van der Waals surface area contributed by atoms with E-state index in [-0.39, 0.29) is 5.19 Å². The average Bonchev–Trinajstić information content (AvgIpc) is 2.85. The van der Waals surface area contributed by atoms with Gasteiger partial charge in [-0.2, -0.15) is 0 Å². The molecule has 110 valence electrons. The van der Waals surface area contributed by atoms with Gasteiger partial charge < -0.3 is 18.8 Å². The summed E-state index contributed by atoms with van der Waals surface area (Å²) in [6.07, 6.45) is -2.54. The number of rotatable bonds is 3. The third-order valence-corrected chi connectivity index (χ3v) is 4.63. The Morgan fingerprint density at radius 1 is 1.35 bits per heavy atom. The van der Waals surface area contributed by atoms with Gasteiger partial charge >= 0.3 is 7.12 Å². The van der Waals surface area contributed by atoms with Crippen molar-refractivity contribution in [2.75, 3.05) is 13.1 Å². The zero-order valence-corrected chi connectivity index (χ0v) is 12.9. The molecule has 0 bridgehead atoms. The first-order valence-corrected chi connectivity index (χ1v) is 7.16. The number of aryl methyl sites for hydroxylation is 1. The molecule has 2 fully saturated rings. The number of hydrogen-bond donors (Lipinski definition) is 0. The molecule has 0 saturated carbocycles. The second-order valence-electron chi connectivity index (χ2n) is 5.75. The molecule has 0 atom stereocenters. The highest BCUT2D eigenvalue weighted by Gasteiger charge is 2.53. The predicted octanol–water partition coefficient (Wildman–Crippen LogP) is 1.53. The van der Waals surface area contributed by atoms with Gasteiger partial charge in [0.1, 0.15) is 6.08 Å². The molecule has 1 aromatic rings. The van der Waals surface area contributed by atoms with Crippen molar-refractivity contribution in [1.82, 2.24) is 4.98 Å². The Morgan fingerprint density at radius 3 is 2.50 bits per heavy atom. The molecule has 1 aromatic heterocycles. The number of ether oxygens (including phenoxy) is 2. The molecule has 0 N–H and O–H groups in total. The summed E-state index contributed by atoms with van der Waals surface area (Å²) < 4.78 is 60.0. The molecule has 0 amide bonds. The van der Waals surface area contributed by atoms with E-state index in [1.165, 1.54) is 0 Å². The Bertz CT molecular complexity index is 681. The van der Waals surface area contributed by atoms with E-state index >= 15 is 0 Å². The fourth-order valence-corrected chi connectivity index (χ4v) is 2.60. The van der Waals surface area contributed by atoms with E-state index in [9.17, 15) is 0 Å². The van der Waals surface area contributed by atoms with Crippen LogP contribution in [0.2, 0.25) is 0 Å². The van der Waals surface area contributed by atoms with Crippen LogP contribution >= 0.6 is 11.3 Å². The summed E-state index contributed by atoms with van der Waals surface area (Å²) in [4.78, 5) is 4.98. The standard InChI is InChI=1S/C13H20BNO4S/c1-8-10(14-18-12(2,3)13(4,5)19-14)15-11(20-8)17-9-6-16-7-9/h9H,6-7H2,1-5H3/i6D2,7D2,9D. The average molecular weight is 302 g/mol. The molecule has 0 spiro atoms. The molecule has 2 aliphatic heterocycles. The van der Waals surface area contributed by atoms with Crippen molar-refractivity contribution < 1.29 is 25.6 Å². The highest BCUT2D eigenvalue weighted by atomic mass is 32.1. The van der Waals surface area contributed by atoms with Crippen LogP contribution in [0.3, 0.4) is 0 Å². The van der Waals surface area contributed by atoms with Crippen LogP contribution in [0.15, 0.2) is 0 Å². The van der Waals surface area contributed by atoms with Gasteiger partial charge in [-0.15, -0.1) is 0 Å². The van der Waals surface area contributed by atoms with E-state index in [4.69, 9.17) is 20.9 Å². The molecular weight excluding hydrogens is 277 g/mol. The van der Waals surface area contributed by atoms with Crippen molar-refractivity contribution in [2.24, 2.45) is 0 Å². The molecule has 2 aliphatic rings. The van der Waals surface area contributed by atoms with Gasteiger partial charge in [0.05, 0.1) is 36.8 Å². The third-order valence-electron chi connectivity index (χ3n) is 3.77. The molecule has 7 heteroatoms. The van der Waals surface area contributed by atoms with Crippen molar-refractivity contribution in [3.63, 3.8) is 0 Å². The Balaban J connectivity index is 1.85. The van der Waals surface area contributed by atoms with Crippen LogP contribution in [0.5, 0.6) is 5.19 Å². The van der Waals surface area contributed by atoms with Crippen molar-refractivity contribution in [3.8, 4) is 5.19 Å². The molecule has 3 rings (SSSR count). The monoisotopic (exact) mass is 302 g/mol. The van der Waals surface area contributed by atoms with Crippen LogP contribution in [0.4, 0.5) is 0 Å². The van der Waals surface area contributed by atoms with Crippen molar-refractivity contribution in [1.29, 1.82) is 0 Å². The van der Waals surface area contributed by atoms with Gasteiger partial charge in [0.25, 0.3) is 5.19 Å². The van der Waals surface area contributed by atoms with Crippen LogP contribution in [0.1, 0.15) is 39.4 Å². The minimum atomic E-state index is -2.58. The topological polar surface area (TPSA) is 49.8 Å². The summed E-state index contributed by atoms with van der Waals surface area (Å²) in [5, 5.41) is -0.0340. The molecule has 0 aromatic carbocycles. The maximum atomic E-state index is 8.03. The number of aromatic nitrogens is 1. The van der Waals surface area contributed by atoms with Crippen LogP contribution in [0.25, 0.3) is 0 Å². The maximum Gasteiger partial charge on any atom is 0.515 e. The van der Waals surface area contributed by atoms with E-state index in [1.54, 1.807) is 6.92 Å². The zero-order chi connectivity index (χ0) is 19.1. The number of nitrogens with zero attached hydrogens (tertiary/aromatic N) is 1. The largest absolute Gasteiger partial charge is 0.515 e. The SMILES string of the molecule is [2H]C1([2H])OC([2H])([2H])C1([2H])Oc1nc(B2OC(C)(C)C(C)(C)O2)c(C)s1. The molecular formula is C13H20BNO4S. The van der Waals surface area contributed by atoms with Gasteiger partial charge in [-0.1, -0.05) is 11.3 Å². The third kappa shape index (κ3) is 2.37. The zero-order valence-electron chi connectivity index (χ0n) is 17.1. The number of thiazole rings is 1. The van der Waals surface area contributed by atoms with Crippen LogP contribution < -0.4 is 10.3 Å². The summed E-state index contributed by atoms with van der Waals surface area (Å²) in [5.41, 5.74) is -0.603. The second kappa shape index (κ2) is 4.69. The summed E-state index contributed by atoms with van der Waals surface area (Å²) in [7, 11) is -0.716. The van der Waals surface area contributed by atoms with Crippen LogP contribution in [0, 0.1) is 6.92 Å². The van der Waals surface area contributed by atoms with Gasteiger partial charge in [-0.05, 0) is 34.6 Å². The maximum absolute atomic E-state index is 8.03. The first-order valence-electron chi connectivity index (χ1n) is 8.84. The summed E-state index contributed by atoms with van der Waals surface area (Å²) in [5.74, 6) is 0. The van der Waals surface area contributed by atoms with E-state index in [1.807, 2.05) is 27.7 Å². The minimum absolute atomic E-state index is 0.0340. The number of hydrogen-bond acceptors (Lipinski definition) is 6. The molecule has 2 saturated heterocycles. The summed E-state index contributed by atoms with van der Waals surface area (Å²) in [6.45, 7) is 4.28. The lowest BCUT2D eigenvalue weighted by atomic mass is 9.84. The molecule has 5 nitrogen and oxygen atoms in total. The van der Waals surface area contributed by atoms with Crippen molar-refractivity contribution >= 4 is 24.0 Å². The fraction of sp³-hybridized carbons (Fsp3) is 0.769. The molecule has 0 aliphatic carbocycles. The Morgan fingerprint density at radius 2 is 1.95 bits per heavy atom. The van der Waals surface area contributed by atoms with Gasteiger partial charge in [-0.3, -0.25) is 0 Å². The van der Waals surface area contributed by atoms with E-state index in [2.05, 4.69) is 9.72 Å². The highest BCUT2D eigenvalue weighted by molar-refractivity contribution is 7.14. The normalized spacial score (nSPS) is 35.0. The highest BCUT2D eigenvalue weighted by Crippen LogP contribution is 2.37. The Labute approximate surface area is 130 Å². The van der Waals surface area contributed by atoms with Crippen molar-refractivity contribution in [2.45, 2.75) is 51.9 Å². The smallest absolute Gasteiger partial charge is 0.462 e. The predicted molar refractivity (Wildman–Crippen MR) is 77.8 cm³/mol. The lowest BCUT2D eigenvalue weighted by Crippen LogP contribution is -2.41. The quantitative estimate of drug-likeness (QED) is 0.793. The van der Waals surface area contributed by atoms with E-state index in [0.29, 0.717) is 5.59 Å². The Kier molecular flexibility index (Phi) is 2.21. The molecule has 0 radical (unpaired) electrons. The Hall–Kier alpha value is -0.625. The fourth-order valence-electron chi connectivity index (χ4n) is 1.82. The first kappa shape index (κ1) is 9.40. The second-order valence-corrected chi connectivity index (χ2v) is 6.91. The van der Waals surface area contributed by atoms with Gasteiger partial charge in [0.15, 0.2) is 0 Å². The minimum Gasteiger partial charge on any atom is -0.462 e. The van der Waals surface area contributed by atoms with Crippen molar-refractivity contribution in [3.05, 3.63) is 4.88 Å². The first-order chi connectivity index (χ1) is 11.1. The van der Waals surface area contributed by atoms with Gasteiger partial charge in [0, 0.05) is 4.88 Å². The molecule has 3 heterocycles. The lowest BCUT2D eigenvalue weighted by molar-refractivity contribution is -0.0796. The summed E-state index contributed by atoms with van der Waals surface area (Å²) >= 11 is 1.08.